The number of carbonyl (C=O) groups excluding carboxylic acids is 3. The number of aliphatic hydroxyl groups is 1. The van der Waals surface area contributed by atoms with Crippen molar-refractivity contribution in [1.82, 2.24) is 0 Å². The van der Waals surface area contributed by atoms with Gasteiger partial charge in [0, 0.05) is 30.8 Å². The first-order chi connectivity index (χ1) is 16.0. The third-order valence-corrected chi connectivity index (χ3v) is 11.6. The molecule has 34 heavy (non-hydrogen) atoms. The number of hydrogen-bond donors (Lipinski definition) is 1. The first-order valence-electron chi connectivity index (χ1n) is 12.5. The summed E-state index contributed by atoms with van der Waals surface area (Å²) in [7, 11) is 0. The van der Waals surface area contributed by atoms with Crippen LogP contribution in [0, 0.1) is 22.7 Å². The predicted octanol–water partition coefficient (Wildman–Crippen LogP) is 3.89. The smallest absolute Gasteiger partial charge is 0.303 e. The zero-order valence-corrected chi connectivity index (χ0v) is 22.2. The summed E-state index contributed by atoms with van der Waals surface area (Å²) >= 11 is 4.08. The van der Waals surface area contributed by atoms with Crippen molar-refractivity contribution in [3.05, 3.63) is 11.6 Å². The van der Waals surface area contributed by atoms with Gasteiger partial charge in [-0.05, 0) is 63.4 Å². The Labute approximate surface area is 210 Å². The molecule has 0 aromatic carbocycles. The van der Waals surface area contributed by atoms with Gasteiger partial charge in [-0.1, -0.05) is 35.4 Å². The average Bonchev–Trinajstić information content (AvgIpc) is 3.06. The van der Waals surface area contributed by atoms with Crippen molar-refractivity contribution in [3.8, 4) is 0 Å². The monoisotopic (exact) mass is 540 g/mol. The van der Waals surface area contributed by atoms with Crippen LogP contribution in [0.5, 0.6) is 0 Å². The van der Waals surface area contributed by atoms with Gasteiger partial charge in [0.15, 0.2) is 12.4 Å². The van der Waals surface area contributed by atoms with Gasteiger partial charge in [0.25, 0.3) is 0 Å². The Morgan fingerprint density at radius 1 is 1.18 bits per heavy atom. The van der Waals surface area contributed by atoms with Gasteiger partial charge >= 0.3 is 5.97 Å². The summed E-state index contributed by atoms with van der Waals surface area (Å²) in [5.74, 6) is -0.391. The SMILES string of the molecule is CCOCO[C@]1(C(=O)COC(C)=O)CC[C@H]2[C@@H]3CCC4=CC(=O)CC[C@]4(C)[C@@]3(Br)[C@@H](O)C[C@@]21C. The number of ether oxygens (including phenoxy) is 3. The highest BCUT2D eigenvalue weighted by Gasteiger charge is 2.73. The molecule has 0 heterocycles. The highest BCUT2D eigenvalue weighted by atomic mass is 79.9. The van der Waals surface area contributed by atoms with E-state index in [1.807, 2.05) is 6.92 Å². The van der Waals surface area contributed by atoms with Gasteiger partial charge in [0.2, 0.25) is 5.78 Å². The molecule has 7 nitrogen and oxygen atoms in total. The fraction of sp³-hybridized carbons (Fsp3) is 0.808. The van der Waals surface area contributed by atoms with E-state index in [9.17, 15) is 19.5 Å². The van der Waals surface area contributed by atoms with E-state index in [2.05, 4.69) is 29.8 Å². The zero-order chi connectivity index (χ0) is 24.9. The molecule has 0 aliphatic heterocycles. The molecule has 0 aromatic heterocycles. The molecule has 1 N–H and O–H groups in total. The molecule has 3 fully saturated rings. The van der Waals surface area contributed by atoms with Crippen LogP contribution in [0.4, 0.5) is 0 Å². The second kappa shape index (κ2) is 9.09. The number of carbonyl (C=O) groups is 3. The highest BCUT2D eigenvalue weighted by molar-refractivity contribution is 9.10. The first-order valence-corrected chi connectivity index (χ1v) is 13.2. The van der Waals surface area contributed by atoms with E-state index < -0.39 is 27.4 Å². The highest BCUT2D eigenvalue weighted by Crippen LogP contribution is 2.72. The third kappa shape index (κ3) is 3.58. The van der Waals surface area contributed by atoms with Gasteiger partial charge in [0.1, 0.15) is 12.4 Å². The minimum absolute atomic E-state index is 0.0302. The summed E-state index contributed by atoms with van der Waals surface area (Å²) in [6.45, 7) is 7.45. The van der Waals surface area contributed by atoms with Gasteiger partial charge in [-0.2, -0.15) is 0 Å². The third-order valence-electron chi connectivity index (χ3n) is 9.61. The number of fused-ring (bicyclic) bond motifs is 5. The van der Waals surface area contributed by atoms with E-state index in [1.54, 1.807) is 6.08 Å². The number of allylic oxidation sites excluding steroid dienone is 1. The molecule has 3 saturated carbocycles. The van der Waals surface area contributed by atoms with E-state index in [0.717, 1.165) is 24.8 Å². The molecule has 0 unspecified atom stereocenters. The fourth-order valence-corrected chi connectivity index (χ4v) is 9.01. The molecule has 0 aromatic rings. The standard InChI is InChI=1S/C26H37BrO7/c1-5-32-15-34-25(22(31)14-33-16(2)28)11-9-19-20-7-6-17-12-18(29)8-10-23(17,3)26(20,27)21(30)13-24(19,25)4/h12,19-21,30H,5-11,13-15H2,1-4H3/t19-,20-,21-,23-,24-,25-,26-/m0/s1. The number of aliphatic hydroxyl groups excluding tert-OH is 1. The second-order valence-electron chi connectivity index (χ2n) is 10.9. The van der Waals surface area contributed by atoms with Gasteiger partial charge in [-0.3, -0.25) is 14.4 Å². The molecule has 0 saturated heterocycles. The van der Waals surface area contributed by atoms with Gasteiger partial charge in [0.05, 0.1) is 10.4 Å². The Bertz CT molecular complexity index is 902. The lowest BCUT2D eigenvalue weighted by molar-refractivity contribution is -0.215. The molecule has 0 spiro atoms. The second-order valence-corrected chi connectivity index (χ2v) is 12.3. The number of rotatable bonds is 7. The van der Waals surface area contributed by atoms with Crippen molar-refractivity contribution in [2.45, 2.75) is 88.7 Å². The van der Waals surface area contributed by atoms with E-state index >= 15 is 0 Å². The normalized spacial score (nSPS) is 43.4. The number of hydrogen-bond acceptors (Lipinski definition) is 7. The Balaban J connectivity index is 1.73. The summed E-state index contributed by atoms with van der Waals surface area (Å²) in [4.78, 5) is 37.2. The van der Waals surface area contributed by atoms with Gasteiger partial charge in [-0.15, -0.1) is 0 Å². The Hall–Kier alpha value is -1.09. The molecule has 0 bridgehead atoms. The van der Waals surface area contributed by atoms with Crippen molar-refractivity contribution >= 4 is 33.5 Å². The average molecular weight is 541 g/mol. The molecular formula is C26H37BrO7. The molecule has 4 rings (SSSR count). The summed E-state index contributed by atoms with van der Waals surface area (Å²) in [6, 6.07) is 0. The molecule has 0 radical (unpaired) electrons. The molecule has 7 atom stereocenters. The van der Waals surface area contributed by atoms with Gasteiger partial charge < -0.3 is 19.3 Å². The number of alkyl halides is 1. The molecule has 4 aliphatic carbocycles. The van der Waals surface area contributed by atoms with E-state index in [0.29, 0.717) is 32.3 Å². The Morgan fingerprint density at radius 2 is 1.91 bits per heavy atom. The minimum Gasteiger partial charge on any atom is -0.458 e. The van der Waals surface area contributed by atoms with Crippen LogP contribution in [0.3, 0.4) is 0 Å². The number of Topliss-reactive ketones (excluding diaryl/α,β-unsaturated/α-hetero) is 1. The molecule has 4 aliphatic rings. The van der Waals surface area contributed by atoms with Crippen molar-refractivity contribution in [3.63, 3.8) is 0 Å². The Morgan fingerprint density at radius 3 is 2.59 bits per heavy atom. The van der Waals surface area contributed by atoms with E-state index in [1.165, 1.54) is 6.92 Å². The maximum absolute atomic E-state index is 13.6. The van der Waals surface area contributed by atoms with Crippen molar-refractivity contribution in [2.75, 3.05) is 20.0 Å². The molecule has 0 amide bonds. The lowest BCUT2D eigenvalue weighted by Gasteiger charge is -2.65. The lowest BCUT2D eigenvalue weighted by Crippen LogP contribution is -2.69. The maximum Gasteiger partial charge on any atom is 0.303 e. The van der Waals surface area contributed by atoms with Crippen LogP contribution in [0.1, 0.15) is 72.6 Å². The zero-order valence-electron chi connectivity index (χ0n) is 20.7. The van der Waals surface area contributed by atoms with Crippen LogP contribution in [-0.2, 0) is 28.6 Å². The summed E-state index contributed by atoms with van der Waals surface area (Å²) < 4.78 is 16.3. The predicted molar refractivity (Wildman–Crippen MR) is 128 cm³/mol. The molecular weight excluding hydrogens is 504 g/mol. The van der Waals surface area contributed by atoms with Crippen molar-refractivity contribution in [1.29, 1.82) is 0 Å². The largest absolute Gasteiger partial charge is 0.458 e. The van der Waals surface area contributed by atoms with Gasteiger partial charge in [-0.25, -0.2) is 0 Å². The van der Waals surface area contributed by atoms with Crippen LogP contribution in [-0.4, -0.2) is 58.7 Å². The topological polar surface area (TPSA) is 99.1 Å². The maximum atomic E-state index is 13.6. The van der Waals surface area contributed by atoms with Crippen LogP contribution in [0.2, 0.25) is 0 Å². The molecule has 190 valence electrons. The summed E-state index contributed by atoms with van der Waals surface area (Å²) in [5.41, 5.74) is -1.05. The van der Waals surface area contributed by atoms with Crippen LogP contribution in [0.15, 0.2) is 11.6 Å². The van der Waals surface area contributed by atoms with Crippen LogP contribution >= 0.6 is 15.9 Å². The van der Waals surface area contributed by atoms with E-state index in [4.69, 9.17) is 14.2 Å². The summed E-state index contributed by atoms with van der Waals surface area (Å²) in [5, 5.41) is 11.8. The first kappa shape index (κ1) is 26.0. The summed E-state index contributed by atoms with van der Waals surface area (Å²) in [6.07, 6.45) is 5.53. The van der Waals surface area contributed by atoms with Crippen LogP contribution < -0.4 is 0 Å². The molecule has 8 heteroatoms. The van der Waals surface area contributed by atoms with E-state index in [-0.39, 0.29) is 42.2 Å². The minimum atomic E-state index is -1.20. The quantitative estimate of drug-likeness (QED) is 0.226. The van der Waals surface area contributed by atoms with Crippen molar-refractivity contribution < 1.29 is 33.7 Å². The fourth-order valence-electron chi connectivity index (χ4n) is 7.84. The van der Waals surface area contributed by atoms with Crippen LogP contribution in [0.25, 0.3) is 0 Å². The number of halogens is 1. The Kier molecular flexibility index (Phi) is 6.95. The lowest BCUT2D eigenvalue weighted by atomic mass is 9.45. The number of esters is 1. The van der Waals surface area contributed by atoms with Crippen molar-refractivity contribution in [2.24, 2.45) is 22.7 Å². The number of ketones is 2.